The van der Waals surface area contributed by atoms with E-state index in [0.29, 0.717) is 5.69 Å². The second-order valence-corrected chi connectivity index (χ2v) is 6.58. The number of nitrogens with zero attached hydrogens (tertiary/aromatic N) is 1. The fourth-order valence-electron chi connectivity index (χ4n) is 3.30. The van der Waals surface area contributed by atoms with Crippen LogP contribution in [-0.4, -0.2) is 25.0 Å². The molecular weight excluding hydrogens is 347 g/mol. The van der Waals surface area contributed by atoms with Crippen molar-refractivity contribution in [3.63, 3.8) is 0 Å². The largest absolute Gasteiger partial charge is 0.372 e. The highest BCUT2D eigenvalue weighted by Crippen LogP contribution is 2.23. The van der Waals surface area contributed by atoms with Crippen LogP contribution in [0.1, 0.15) is 30.9 Å². The van der Waals surface area contributed by atoms with Crippen molar-refractivity contribution in [1.29, 1.82) is 0 Å². The Kier molecular flexibility index (Phi) is 5.90. The van der Waals surface area contributed by atoms with Gasteiger partial charge in [-0.2, -0.15) is 0 Å². The number of rotatable bonds is 6. The van der Waals surface area contributed by atoms with Crippen molar-refractivity contribution in [3.8, 4) is 0 Å². The van der Waals surface area contributed by atoms with Crippen molar-refractivity contribution >= 4 is 23.3 Å². The molecule has 2 aromatic carbocycles. The first-order chi connectivity index (χ1) is 13.0. The number of carbonyl (C=O) groups is 2. The normalized spacial score (nSPS) is 14.6. The molecule has 1 saturated heterocycles. The van der Waals surface area contributed by atoms with Crippen LogP contribution >= 0.6 is 0 Å². The van der Waals surface area contributed by atoms with E-state index in [0.717, 1.165) is 18.8 Å². The summed E-state index contributed by atoms with van der Waals surface area (Å²) in [5.41, 5.74) is 7.17. The third kappa shape index (κ3) is 4.97. The van der Waals surface area contributed by atoms with Crippen molar-refractivity contribution < 1.29 is 14.0 Å². The van der Waals surface area contributed by atoms with Crippen LogP contribution in [0.5, 0.6) is 0 Å². The van der Waals surface area contributed by atoms with E-state index in [-0.39, 0.29) is 17.9 Å². The van der Waals surface area contributed by atoms with Gasteiger partial charge in [-0.25, -0.2) is 9.18 Å². The number of hydrogen-bond acceptors (Lipinski definition) is 3. The van der Waals surface area contributed by atoms with Gasteiger partial charge in [-0.1, -0.05) is 18.2 Å². The maximum Gasteiger partial charge on any atom is 0.312 e. The SMILES string of the molecule is NC(=O)NC(CC(=O)Nc1ccc(N2CCCC2)cc1)c1ccccc1F. The summed E-state index contributed by atoms with van der Waals surface area (Å²) in [6.07, 6.45) is 2.27. The zero-order chi connectivity index (χ0) is 19.2. The molecular formula is C20H23FN4O2. The number of nitrogens with two attached hydrogens (primary N) is 1. The summed E-state index contributed by atoms with van der Waals surface area (Å²) in [4.78, 5) is 25.9. The van der Waals surface area contributed by atoms with E-state index < -0.39 is 17.9 Å². The van der Waals surface area contributed by atoms with Crippen LogP contribution in [0.3, 0.4) is 0 Å². The summed E-state index contributed by atoms with van der Waals surface area (Å²) in [5, 5.41) is 5.21. The molecule has 0 spiro atoms. The quantitative estimate of drug-likeness (QED) is 0.730. The Labute approximate surface area is 157 Å². The molecule has 1 atom stereocenters. The van der Waals surface area contributed by atoms with Gasteiger partial charge in [0, 0.05) is 30.0 Å². The molecule has 0 bridgehead atoms. The summed E-state index contributed by atoms with van der Waals surface area (Å²) in [5.74, 6) is -0.843. The number of urea groups is 1. The van der Waals surface area contributed by atoms with Crippen LogP contribution in [0, 0.1) is 5.82 Å². The van der Waals surface area contributed by atoms with Gasteiger partial charge in [-0.05, 0) is 43.2 Å². The molecule has 3 rings (SSSR count). The molecule has 0 aromatic heterocycles. The lowest BCUT2D eigenvalue weighted by Gasteiger charge is -2.19. The van der Waals surface area contributed by atoms with Gasteiger partial charge in [0.15, 0.2) is 0 Å². The summed E-state index contributed by atoms with van der Waals surface area (Å²) in [6.45, 7) is 2.10. The number of primary amides is 1. The molecule has 27 heavy (non-hydrogen) atoms. The van der Waals surface area contributed by atoms with E-state index in [9.17, 15) is 14.0 Å². The molecule has 1 aliphatic rings. The highest BCUT2D eigenvalue weighted by atomic mass is 19.1. The zero-order valence-electron chi connectivity index (χ0n) is 15.0. The molecule has 3 amide bonds. The minimum absolute atomic E-state index is 0.127. The van der Waals surface area contributed by atoms with Crippen LogP contribution in [0.15, 0.2) is 48.5 Å². The van der Waals surface area contributed by atoms with E-state index in [1.54, 1.807) is 12.1 Å². The van der Waals surface area contributed by atoms with Crippen molar-refractivity contribution in [2.75, 3.05) is 23.3 Å². The van der Waals surface area contributed by atoms with Crippen LogP contribution < -0.4 is 21.3 Å². The predicted molar refractivity (Wildman–Crippen MR) is 103 cm³/mol. The molecule has 142 valence electrons. The first kappa shape index (κ1) is 18.7. The lowest BCUT2D eigenvalue weighted by Crippen LogP contribution is -2.35. The Bertz CT molecular complexity index is 804. The van der Waals surface area contributed by atoms with Gasteiger partial charge >= 0.3 is 6.03 Å². The summed E-state index contributed by atoms with van der Waals surface area (Å²) in [6, 6.07) is 11.9. The van der Waals surface area contributed by atoms with E-state index in [1.807, 2.05) is 24.3 Å². The molecule has 1 fully saturated rings. The summed E-state index contributed by atoms with van der Waals surface area (Å²) >= 11 is 0. The van der Waals surface area contributed by atoms with Gasteiger partial charge in [0.2, 0.25) is 5.91 Å². The third-order valence-corrected chi connectivity index (χ3v) is 4.61. The Morgan fingerprint density at radius 1 is 1.07 bits per heavy atom. The number of anilines is 2. The summed E-state index contributed by atoms with van der Waals surface area (Å²) in [7, 11) is 0. The van der Waals surface area contributed by atoms with Crippen molar-refractivity contribution in [1.82, 2.24) is 5.32 Å². The van der Waals surface area contributed by atoms with Gasteiger partial charge in [-0.3, -0.25) is 4.79 Å². The molecule has 4 N–H and O–H groups in total. The molecule has 7 heteroatoms. The Morgan fingerprint density at radius 3 is 2.37 bits per heavy atom. The molecule has 0 aliphatic carbocycles. The maximum absolute atomic E-state index is 14.0. The average Bonchev–Trinajstić information content (AvgIpc) is 3.16. The number of nitrogens with one attached hydrogen (secondary N) is 2. The first-order valence-electron chi connectivity index (χ1n) is 8.98. The van der Waals surface area contributed by atoms with Crippen LogP contribution in [-0.2, 0) is 4.79 Å². The topological polar surface area (TPSA) is 87.5 Å². The lowest BCUT2D eigenvalue weighted by atomic mass is 10.0. The van der Waals surface area contributed by atoms with Crippen LogP contribution in [0.2, 0.25) is 0 Å². The van der Waals surface area contributed by atoms with Gasteiger partial charge in [0.1, 0.15) is 5.82 Å². The molecule has 1 aliphatic heterocycles. The fourth-order valence-corrected chi connectivity index (χ4v) is 3.30. The smallest absolute Gasteiger partial charge is 0.312 e. The van der Waals surface area contributed by atoms with E-state index in [4.69, 9.17) is 5.73 Å². The van der Waals surface area contributed by atoms with Gasteiger partial charge in [0.05, 0.1) is 12.5 Å². The minimum Gasteiger partial charge on any atom is -0.372 e. The maximum atomic E-state index is 14.0. The molecule has 2 aromatic rings. The second kappa shape index (κ2) is 8.53. The fraction of sp³-hybridized carbons (Fsp3) is 0.300. The second-order valence-electron chi connectivity index (χ2n) is 6.58. The average molecular weight is 370 g/mol. The molecule has 1 unspecified atom stereocenters. The van der Waals surface area contributed by atoms with Gasteiger partial charge in [-0.15, -0.1) is 0 Å². The number of amides is 3. The van der Waals surface area contributed by atoms with E-state index in [1.165, 1.54) is 25.0 Å². The standard InChI is InChI=1S/C20H23FN4O2/c21-17-6-2-1-5-16(17)18(24-20(22)27)13-19(26)23-14-7-9-15(10-8-14)25-11-3-4-12-25/h1-2,5-10,18H,3-4,11-13H2,(H,23,26)(H3,22,24,27). The van der Waals surface area contributed by atoms with Crippen molar-refractivity contribution in [2.24, 2.45) is 5.73 Å². The van der Waals surface area contributed by atoms with Crippen LogP contribution in [0.25, 0.3) is 0 Å². The number of halogens is 1. The Morgan fingerprint density at radius 2 is 1.74 bits per heavy atom. The molecule has 6 nitrogen and oxygen atoms in total. The van der Waals surface area contributed by atoms with Gasteiger partial charge in [0.25, 0.3) is 0 Å². The van der Waals surface area contributed by atoms with E-state index >= 15 is 0 Å². The lowest BCUT2D eigenvalue weighted by molar-refractivity contribution is -0.116. The monoisotopic (exact) mass is 370 g/mol. The number of carbonyl (C=O) groups excluding carboxylic acids is 2. The zero-order valence-corrected chi connectivity index (χ0v) is 15.0. The first-order valence-corrected chi connectivity index (χ1v) is 8.98. The highest BCUT2D eigenvalue weighted by molar-refractivity contribution is 5.91. The van der Waals surface area contributed by atoms with Gasteiger partial charge < -0.3 is 21.3 Å². The number of hydrogen-bond donors (Lipinski definition) is 3. The van der Waals surface area contributed by atoms with Crippen LogP contribution in [0.4, 0.5) is 20.6 Å². The van der Waals surface area contributed by atoms with Crippen molar-refractivity contribution in [3.05, 3.63) is 59.9 Å². The molecule has 1 heterocycles. The summed E-state index contributed by atoms with van der Waals surface area (Å²) < 4.78 is 14.0. The Balaban J connectivity index is 1.65. The highest BCUT2D eigenvalue weighted by Gasteiger charge is 2.20. The van der Waals surface area contributed by atoms with Crippen molar-refractivity contribution in [2.45, 2.75) is 25.3 Å². The third-order valence-electron chi connectivity index (χ3n) is 4.61. The van der Waals surface area contributed by atoms with E-state index in [2.05, 4.69) is 15.5 Å². The minimum atomic E-state index is -0.840. The molecule has 0 saturated carbocycles. The predicted octanol–water partition coefficient (Wildman–Crippen LogP) is 3.16. The Hall–Kier alpha value is -3.09. The number of benzene rings is 2. The molecule has 0 radical (unpaired) electrons.